The van der Waals surface area contributed by atoms with E-state index in [1.165, 1.54) is 30.3 Å². The summed E-state index contributed by atoms with van der Waals surface area (Å²) >= 11 is 1.44. The molecule has 0 aromatic heterocycles. The van der Waals surface area contributed by atoms with Crippen LogP contribution in [0.1, 0.15) is 37.7 Å². The van der Waals surface area contributed by atoms with Gasteiger partial charge in [0.25, 0.3) is 5.91 Å². The van der Waals surface area contributed by atoms with E-state index in [0.717, 1.165) is 31.2 Å². The van der Waals surface area contributed by atoms with Crippen molar-refractivity contribution in [2.45, 2.75) is 49.8 Å². The van der Waals surface area contributed by atoms with Crippen LogP contribution in [0.4, 0.5) is 4.39 Å². The molecule has 5 nitrogen and oxygen atoms in total. The second-order valence-electron chi connectivity index (χ2n) is 7.94. The number of rotatable bonds is 4. The van der Waals surface area contributed by atoms with Gasteiger partial charge >= 0.3 is 0 Å². The average Bonchev–Trinajstić information content (AvgIpc) is 3.13. The fourth-order valence-corrected chi connectivity index (χ4v) is 8.32. The molecule has 1 amide bonds. The van der Waals surface area contributed by atoms with Crippen molar-refractivity contribution in [2.24, 2.45) is 10.9 Å². The average molecular weight is 425 g/mol. The highest BCUT2D eigenvalue weighted by Crippen LogP contribution is 2.38. The van der Waals surface area contributed by atoms with E-state index in [2.05, 4.69) is 4.99 Å². The number of halogens is 1. The topological polar surface area (TPSA) is 66.8 Å². The monoisotopic (exact) mass is 424 g/mol. The Labute approximate surface area is 169 Å². The van der Waals surface area contributed by atoms with Gasteiger partial charge < -0.3 is 4.90 Å². The Morgan fingerprint density at radius 3 is 2.57 bits per heavy atom. The number of hydrogen-bond donors (Lipinski definition) is 0. The van der Waals surface area contributed by atoms with Crippen molar-refractivity contribution in [1.82, 2.24) is 4.90 Å². The molecule has 1 aliphatic carbocycles. The molecule has 0 bridgehead atoms. The summed E-state index contributed by atoms with van der Waals surface area (Å²) in [5.74, 6) is -0.0685. The zero-order valence-electron chi connectivity index (χ0n) is 15.7. The molecule has 0 N–H and O–H groups in total. The molecule has 152 valence electrons. The van der Waals surface area contributed by atoms with E-state index in [-0.39, 0.29) is 40.4 Å². The number of sulfone groups is 1. The van der Waals surface area contributed by atoms with Gasteiger partial charge in [-0.15, -0.1) is 0 Å². The van der Waals surface area contributed by atoms with Crippen LogP contribution in [0.25, 0.3) is 0 Å². The number of carbonyl (C=O) groups is 1. The number of nitrogens with zero attached hydrogens (tertiary/aromatic N) is 2. The van der Waals surface area contributed by atoms with Gasteiger partial charge in [0.2, 0.25) is 0 Å². The fourth-order valence-electron chi connectivity index (χ4n) is 4.33. The minimum Gasteiger partial charge on any atom is -0.346 e. The molecule has 1 saturated carbocycles. The fraction of sp³-hybridized carbons (Fsp3) is 0.600. The second-order valence-corrected chi connectivity index (χ2v) is 11.3. The maximum atomic E-state index is 13.1. The van der Waals surface area contributed by atoms with E-state index < -0.39 is 9.84 Å². The van der Waals surface area contributed by atoms with E-state index in [0.29, 0.717) is 18.1 Å². The second kappa shape index (κ2) is 8.14. The highest BCUT2D eigenvalue weighted by atomic mass is 32.2. The number of thioether (sulfide) groups is 1. The number of aliphatic imine (C=N–C) groups is 1. The number of amides is 1. The van der Waals surface area contributed by atoms with Gasteiger partial charge in [0.15, 0.2) is 15.0 Å². The zero-order valence-corrected chi connectivity index (χ0v) is 17.4. The van der Waals surface area contributed by atoms with E-state index in [9.17, 15) is 17.6 Å². The van der Waals surface area contributed by atoms with Gasteiger partial charge in [0.05, 0.1) is 17.5 Å². The summed E-state index contributed by atoms with van der Waals surface area (Å²) in [6, 6.07) is 6.21. The molecule has 4 rings (SSSR count). The summed E-state index contributed by atoms with van der Waals surface area (Å²) in [5.41, 5.74) is 0.980. The Morgan fingerprint density at radius 1 is 1.14 bits per heavy atom. The third kappa shape index (κ3) is 4.43. The molecule has 3 aliphatic rings. The van der Waals surface area contributed by atoms with Crippen LogP contribution in [0.15, 0.2) is 29.3 Å². The van der Waals surface area contributed by atoms with Crippen molar-refractivity contribution in [3.05, 3.63) is 35.6 Å². The minimum absolute atomic E-state index is 0.00460. The Morgan fingerprint density at radius 2 is 1.86 bits per heavy atom. The number of benzene rings is 1. The third-order valence-corrected chi connectivity index (χ3v) is 9.14. The van der Waals surface area contributed by atoms with Crippen molar-refractivity contribution in [3.63, 3.8) is 0 Å². The van der Waals surface area contributed by atoms with Crippen LogP contribution in [0.5, 0.6) is 0 Å². The molecule has 1 aromatic rings. The Kier molecular flexibility index (Phi) is 5.78. The van der Waals surface area contributed by atoms with Gasteiger partial charge in [0.1, 0.15) is 5.82 Å². The van der Waals surface area contributed by atoms with Crippen molar-refractivity contribution in [2.75, 3.05) is 18.1 Å². The van der Waals surface area contributed by atoms with Crippen LogP contribution >= 0.6 is 11.8 Å². The lowest BCUT2D eigenvalue weighted by molar-refractivity contribution is -0.122. The lowest BCUT2D eigenvalue weighted by atomic mass is 9.89. The van der Waals surface area contributed by atoms with Gasteiger partial charge in [-0.25, -0.2) is 12.8 Å². The molecule has 8 heteroatoms. The first-order valence-electron chi connectivity index (χ1n) is 9.92. The van der Waals surface area contributed by atoms with Crippen LogP contribution in [0.2, 0.25) is 0 Å². The molecule has 2 heterocycles. The number of carbonyl (C=O) groups excluding carboxylic acids is 1. The molecule has 28 heavy (non-hydrogen) atoms. The predicted molar refractivity (Wildman–Crippen MR) is 110 cm³/mol. The van der Waals surface area contributed by atoms with E-state index >= 15 is 0 Å². The molecule has 2 atom stereocenters. The number of fused-ring (bicyclic) bond motifs is 1. The number of hydrogen-bond acceptors (Lipinski definition) is 4. The van der Waals surface area contributed by atoms with Gasteiger partial charge in [-0.2, -0.15) is 4.99 Å². The molecule has 0 radical (unpaired) electrons. The molecular weight excluding hydrogens is 399 g/mol. The molecule has 3 fully saturated rings. The highest BCUT2D eigenvalue weighted by molar-refractivity contribution is 8.15. The lowest BCUT2D eigenvalue weighted by Gasteiger charge is -2.25. The van der Waals surface area contributed by atoms with E-state index in [1.54, 1.807) is 12.1 Å². The lowest BCUT2D eigenvalue weighted by Crippen LogP contribution is -2.39. The van der Waals surface area contributed by atoms with Crippen molar-refractivity contribution in [1.29, 1.82) is 0 Å². The summed E-state index contributed by atoms with van der Waals surface area (Å²) < 4.78 is 37.3. The number of amidine groups is 1. The summed E-state index contributed by atoms with van der Waals surface area (Å²) in [6.07, 6.45) is 5.79. The quantitative estimate of drug-likeness (QED) is 0.743. The SMILES string of the molecule is O=C(N=C1S[C@@H]2CS(=O)(=O)C[C@H]2N1CCc1ccc(F)cc1)C1CCCCC1. The van der Waals surface area contributed by atoms with Crippen molar-refractivity contribution >= 4 is 32.7 Å². The molecule has 0 unspecified atom stereocenters. The molecular formula is C20H25FN2O3S2. The molecule has 2 saturated heterocycles. The predicted octanol–water partition coefficient (Wildman–Crippen LogP) is 3.05. The smallest absolute Gasteiger partial charge is 0.251 e. The standard InChI is InChI=1S/C20H25FN2O3S2/c21-16-8-6-14(7-9-16)10-11-23-17-12-28(25,26)13-18(17)27-20(23)22-19(24)15-4-2-1-3-5-15/h6-9,15,17-18H,1-5,10-13H2/t17-,18-/m1/s1. The first-order valence-corrected chi connectivity index (χ1v) is 12.6. The Hall–Kier alpha value is -1.41. The summed E-state index contributed by atoms with van der Waals surface area (Å²) in [6.45, 7) is 0.575. The Bertz CT molecular complexity index is 864. The first kappa shape index (κ1) is 19.9. The van der Waals surface area contributed by atoms with Gasteiger partial charge in [-0.05, 0) is 37.0 Å². The summed E-state index contributed by atoms with van der Waals surface area (Å²) in [7, 11) is -3.05. The van der Waals surface area contributed by atoms with Crippen LogP contribution in [0, 0.1) is 11.7 Å². The van der Waals surface area contributed by atoms with Gasteiger partial charge in [-0.1, -0.05) is 43.2 Å². The van der Waals surface area contributed by atoms with Crippen LogP contribution < -0.4 is 0 Å². The van der Waals surface area contributed by atoms with Crippen molar-refractivity contribution in [3.8, 4) is 0 Å². The largest absolute Gasteiger partial charge is 0.346 e. The van der Waals surface area contributed by atoms with Gasteiger partial charge in [0, 0.05) is 17.7 Å². The van der Waals surface area contributed by atoms with Crippen LogP contribution in [-0.2, 0) is 21.1 Å². The third-order valence-electron chi connectivity index (χ3n) is 5.89. The van der Waals surface area contributed by atoms with Crippen LogP contribution in [0.3, 0.4) is 0 Å². The highest BCUT2D eigenvalue weighted by Gasteiger charge is 2.48. The summed E-state index contributed by atoms with van der Waals surface area (Å²) in [5, 5.41) is 0.610. The van der Waals surface area contributed by atoms with Crippen molar-refractivity contribution < 1.29 is 17.6 Å². The van der Waals surface area contributed by atoms with Crippen LogP contribution in [-0.4, -0.2) is 53.7 Å². The zero-order chi connectivity index (χ0) is 19.7. The molecule has 0 spiro atoms. The Balaban J connectivity index is 1.51. The van der Waals surface area contributed by atoms with E-state index in [4.69, 9.17) is 0 Å². The van der Waals surface area contributed by atoms with Gasteiger partial charge in [-0.3, -0.25) is 4.79 Å². The van der Waals surface area contributed by atoms with E-state index in [1.807, 2.05) is 4.90 Å². The molecule has 1 aromatic carbocycles. The molecule has 2 aliphatic heterocycles. The minimum atomic E-state index is -3.05. The summed E-state index contributed by atoms with van der Waals surface area (Å²) in [4.78, 5) is 19.1. The maximum Gasteiger partial charge on any atom is 0.251 e. The normalized spacial score (nSPS) is 28.6. The first-order chi connectivity index (χ1) is 13.4. The maximum absolute atomic E-state index is 13.1.